The van der Waals surface area contributed by atoms with Gasteiger partial charge in [-0.05, 0) is 26.3 Å². The fraction of sp³-hybridized carbons (Fsp3) is 0.467. The number of rotatable bonds is 7. The van der Waals surface area contributed by atoms with Crippen molar-refractivity contribution in [1.82, 2.24) is 5.32 Å². The zero-order valence-corrected chi connectivity index (χ0v) is 12.1. The molecule has 0 atom stereocenters. The quantitative estimate of drug-likeness (QED) is 0.800. The Labute approximate surface area is 118 Å². The van der Waals surface area contributed by atoms with Crippen molar-refractivity contribution < 1.29 is 19.4 Å². The van der Waals surface area contributed by atoms with Crippen LogP contribution in [0, 0.1) is 0 Å². The normalized spacial score (nSPS) is 10.9. The van der Waals surface area contributed by atoms with E-state index in [1.165, 1.54) is 0 Å². The molecule has 1 rings (SSSR count). The largest absolute Gasteiger partial charge is 0.496 e. The minimum atomic E-state index is -0.864. The van der Waals surface area contributed by atoms with Crippen LogP contribution in [0.4, 0.5) is 0 Å². The fourth-order valence-corrected chi connectivity index (χ4v) is 1.93. The van der Waals surface area contributed by atoms with Crippen molar-refractivity contribution in [3.63, 3.8) is 0 Å². The number of ether oxygens (including phenoxy) is 1. The number of benzene rings is 1. The number of carboxylic acid groups (broad SMARTS) is 1. The smallest absolute Gasteiger partial charge is 0.303 e. The van der Waals surface area contributed by atoms with Gasteiger partial charge in [0.15, 0.2) is 0 Å². The second-order valence-electron chi connectivity index (χ2n) is 5.31. The lowest BCUT2D eigenvalue weighted by molar-refractivity contribution is -0.137. The van der Waals surface area contributed by atoms with Crippen LogP contribution in [-0.4, -0.2) is 29.6 Å². The average Bonchev–Trinajstić information content (AvgIpc) is 2.36. The first-order valence-electron chi connectivity index (χ1n) is 6.49. The molecule has 0 heterocycles. The van der Waals surface area contributed by atoms with Gasteiger partial charge in [0.05, 0.1) is 13.5 Å². The maximum Gasteiger partial charge on any atom is 0.303 e. The van der Waals surface area contributed by atoms with E-state index < -0.39 is 11.5 Å². The molecule has 0 aromatic heterocycles. The standard InChI is InChI=1S/C15H21NO4/c1-15(2,9-8-14(18)19)16-13(17)10-11-6-4-5-7-12(11)20-3/h4-7H,8-10H2,1-3H3,(H,16,17)(H,18,19). The molecular weight excluding hydrogens is 258 g/mol. The van der Waals surface area contributed by atoms with E-state index in [9.17, 15) is 9.59 Å². The van der Waals surface area contributed by atoms with Gasteiger partial charge in [-0.1, -0.05) is 18.2 Å². The third kappa shape index (κ3) is 5.30. The molecule has 20 heavy (non-hydrogen) atoms. The molecule has 0 fully saturated rings. The monoisotopic (exact) mass is 279 g/mol. The van der Waals surface area contributed by atoms with Gasteiger partial charge in [-0.25, -0.2) is 0 Å². The summed E-state index contributed by atoms with van der Waals surface area (Å²) in [6.45, 7) is 3.63. The van der Waals surface area contributed by atoms with Crippen molar-refractivity contribution in [3.8, 4) is 5.75 Å². The maximum atomic E-state index is 12.0. The Hall–Kier alpha value is -2.04. The molecule has 0 bridgehead atoms. The number of hydrogen-bond donors (Lipinski definition) is 2. The summed E-state index contributed by atoms with van der Waals surface area (Å²) >= 11 is 0. The second kappa shape index (κ2) is 6.93. The van der Waals surface area contributed by atoms with Crippen LogP contribution >= 0.6 is 0 Å². The van der Waals surface area contributed by atoms with Crippen LogP contribution in [0.1, 0.15) is 32.3 Å². The van der Waals surface area contributed by atoms with E-state index in [1.54, 1.807) is 13.2 Å². The highest BCUT2D eigenvalue weighted by Gasteiger charge is 2.22. The molecule has 0 aliphatic heterocycles. The summed E-state index contributed by atoms with van der Waals surface area (Å²) in [6, 6.07) is 7.33. The van der Waals surface area contributed by atoms with Crippen molar-refractivity contribution in [1.29, 1.82) is 0 Å². The molecule has 0 saturated carbocycles. The molecule has 0 saturated heterocycles. The lowest BCUT2D eigenvalue weighted by atomic mass is 9.97. The topological polar surface area (TPSA) is 75.6 Å². The summed E-state index contributed by atoms with van der Waals surface area (Å²) in [7, 11) is 1.56. The van der Waals surface area contributed by atoms with E-state index in [4.69, 9.17) is 9.84 Å². The van der Waals surface area contributed by atoms with Crippen molar-refractivity contribution in [2.45, 2.75) is 38.6 Å². The summed E-state index contributed by atoms with van der Waals surface area (Å²) < 4.78 is 5.20. The van der Waals surface area contributed by atoms with Crippen molar-refractivity contribution in [2.24, 2.45) is 0 Å². The number of hydrogen-bond acceptors (Lipinski definition) is 3. The summed E-state index contributed by atoms with van der Waals surface area (Å²) in [5, 5.41) is 11.5. The van der Waals surface area contributed by atoms with E-state index in [-0.39, 0.29) is 18.7 Å². The fourth-order valence-electron chi connectivity index (χ4n) is 1.93. The maximum absolute atomic E-state index is 12.0. The number of amides is 1. The Morgan fingerprint density at radius 1 is 1.30 bits per heavy atom. The van der Waals surface area contributed by atoms with E-state index in [0.717, 1.165) is 5.56 Å². The van der Waals surface area contributed by atoms with Crippen LogP contribution in [0.3, 0.4) is 0 Å². The molecule has 0 radical (unpaired) electrons. The first-order chi connectivity index (χ1) is 9.34. The van der Waals surface area contributed by atoms with Gasteiger partial charge in [0.1, 0.15) is 5.75 Å². The molecular formula is C15H21NO4. The van der Waals surface area contributed by atoms with E-state index in [1.807, 2.05) is 32.0 Å². The first kappa shape index (κ1) is 16.0. The highest BCUT2D eigenvalue weighted by atomic mass is 16.5. The molecule has 5 nitrogen and oxygen atoms in total. The lowest BCUT2D eigenvalue weighted by Gasteiger charge is -2.25. The molecule has 1 aromatic carbocycles. The van der Waals surface area contributed by atoms with Gasteiger partial charge in [-0.3, -0.25) is 9.59 Å². The number of para-hydroxylation sites is 1. The third-order valence-corrected chi connectivity index (χ3v) is 2.99. The Morgan fingerprint density at radius 2 is 1.95 bits per heavy atom. The van der Waals surface area contributed by atoms with E-state index in [0.29, 0.717) is 12.2 Å². The van der Waals surface area contributed by atoms with Crippen molar-refractivity contribution >= 4 is 11.9 Å². The molecule has 0 aliphatic rings. The van der Waals surface area contributed by atoms with Gasteiger partial charge in [-0.2, -0.15) is 0 Å². The van der Waals surface area contributed by atoms with Gasteiger partial charge in [0.2, 0.25) is 5.91 Å². The molecule has 5 heteroatoms. The Bertz CT molecular complexity index is 483. The third-order valence-electron chi connectivity index (χ3n) is 2.99. The highest BCUT2D eigenvalue weighted by Crippen LogP contribution is 2.18. The summed E-state index contributed by atoms with van der Waals surface area (Å²) in [6.07, 6.45) is 0.627. The van der Waals surface area contributed by atoms with Gasteiger partial charge < -0.3 is 15.2 Å². The average molecular weight is 279 g/mol. The predicted molar refractivity (Wildman–Crippen MR) is 75.8 cm³/mol. The molecule has 0 unspecified atom stereocenters. The number of nitrogens with one attached hydrogen (secondary N) is 1. The lowest BCUT2D eigenvalue weighted by Crippen LogP contribution is -2.44. The van der Waals surface area contributed by atoms with Gasteiger partial charge in [0, 0.05) is 17.5 Å². The predicted octanol–water partition coefficient (Wildman–Crippen LogP) is 2.00. The minimum absolute atomic E-state index is 0.0297. The van der Waals surface area contributed by atoms with Gasteiger partial charge in [-0.15, -0.1) is 0 Å². The van der Waals surface area contributed by atoms with Crippen LogP contribution in [0.2, 0.25) is 0 Å². The molecule has 1 amide bonds. The number of aliphatic carboxylic acids is 1. The van der Waals surface area contributed by atoms with Gasteiger partial charge in [0.25, 0.3) is 0 Å². The van der Waals surface area contributed by atoms with Crippen LogP contribution in [-0.2, 0) is 16.0 Å². The van der Waals surface area contributed by atoms with Crippen LogP contribution in [0.25, 0.3) is 0 Å². The zero-order chi connectivity index (χ0) is 15.2. The molecule has 1 aromatic rings. The summed E-state index contributed by atoms with van der Waals surface area (Å²) in [5.41, 5.74) is 0.263. The van der Waals surface area contributed by atoms with Crippen molar-refractivity contribution in [2.75, 3.05) is 7.11 Å². The van der Waals surface area contributed by atoms with Gasteiger partial charge >= 0.3 is 5.97 Å². The summed E-state index contributed by atoms with van der Waals surface area (Å²) in [4.78, 5) is 22.6. The van der Waals surface area contributed by atoms with Crippen LogP contribution in [0.15, 0.2) is 24.3 Å². The summed E-state index contributed by atoms with van der Waals surface area (Å²) in [5.74, 6) is -0.340. The molecule has 110 valence electrons. The Morgan fingerprint density at radius 3 is 2.55 bits per heavy atom. The number of carboxylic acids is 1. The Kier molecular flexibility index (Phi) is 5.55. The number of carbonyl (C=O) groups is 2. The SMILES string of the molecule is COc1ccccc1CC(=O)NC(C)(C)CCC(=O)O. The Balaban J connectivity index is 2.60. The highest BCUT2D eigenvalue weighted by molar-refractivity contribution is 5.80. The molecule has 2 N–H and O–H groups in total. The van der Waals surface area contributed by atoms with E-state index >= 15 is 0 Å². The van der Waals surface area contributed by atoms with Crippen LogP contribution < -0.4 is 10.1 Å². The first-order valence-corrected chi connectivity index (χ1v) is 6.49. The van der Waals surface area contributed by atoms with Crippen molar-refractivity contribution in [3.05, 3.63) is 29.8 Å². The second-order valence-corrected chi connectivity index (χ2v) is 5.31. The van der Waals surface area contributed by atoms with E-state index in [2.05, 4.69) is 5.32 Å². The number of carbonyl (C=O) groups excluding carboxylic acids is 1. The molecule has 0 aliphatic carbocycles. The van der Waals surface area contributed by atoms with Crippen LogP contribution in [0.5, 0.6) is 5.75 Å². The molecule has 0 spiro atoms. The minimum Gasteiger partial charge on any atom is -0.496 e. The zero-order valence-electron chi connectivity index (χ0n) is 12.1. The number of methoxy groups -OCH3 is 1.